The first-order valence-corrected chi connectivity index (χ1v) is 12.6. The molecule has 1 aliphatic heterocycles. The highest BCUT2D eigenvalue weighted by atomic mass is 79.9. The number of hydrogen-bond donors (Lipinski definition) is 1. The fourth-order valence-corrected chi connectivity index (χ4v) is 5.22. The van der Waals surface area contributed by atoms with Crippen LogP contribution in [-0.2, 0) is 4.79 Å². The third-order valence-corrected chi connectivity index (χ3v) is 7.35. The number of rotatable bonds is 4. The molecule has 0 bridgehead atoms. The second-order valence-corrected chi connectivity index (χ2v) is 10.7. The van der Waals surface area contributed by atoms with E-state index in [0.717, 1.165) is 38.1 Å². The number of ketones is 1. The Morgan fingerprint density at radius 2 is 1.67 bits per heavy atom. The topological polar surface area (TPSA) is 72.2 Å². The molecule has 36 heavy (non-hydrogen) atoms. The summed E-state index contributed by atoms with van der Waals surface area (Å²) in [5.74, 6) is -0.322. The lowest BCUT2D eigenvalue weighted by Crippen LogP contribution is -2.37. The zero-order valence-electron chi connectivity index (χ0n) is 20.0. The number of hydrogen-bond acceptors (Lipinski definition) is 4. The molecule has 0 amide bonds. The number of allylic oxidation sites excluding steroid dienone is 4. The molecule has 1 atom stereocenters. The molecule has 0 radical (unpaired) electrons. The summed E-state index contributed by atoms with van der Waals surface area (Å²) in [4.78, 5) is 25.0. The van der Waals surface area contributed by atoms with E-state index in [1.54, 1.807) is 12.1 Å². The van der Waals surface area contributed by atoms with Gasteiger partial charge < -0.3 is 5.32 Å². The van der Waals surface area contributed by atoms with Gasteiger partial charge in [0.05, 0.1) is 4.92 Å². The van der Waals surface area contributed by atoms with Crippen molar-refractivity contribution < 1.29 is 9.72 Å². The third-order valence-electron chi connectivity index (χ3n) is 6.82. The van der Waals surface area contributed by atoms with Crippen molar-refractivity contribution in [1.82, 2.24) is 5.32 Å². The minimum atomic E-state index is -0.407. The van der Waals surface area contributed by atoms with Gasteiger partial charge in [-0.3, -0.25) is 14.9 Å². The summed E-state index contributed by atoms with van der Waals surface area (Å²) < 4.78 is 0.983. The van der Waals surface area contributed by atoms with Crippen molar-refractivity contribution in [2.24, 2.45) is 5.41 Å². The van der Waals surface area contributed by atoms with E-state index in [1.807, 2.05) is 60.7 Å². The summed E-state index contributed by atoms with van der Waals surface area (Å²) in [5, 5.41) is 14.8. The summed E-state index contributed by atoms with van der Waals surface area (Å²) >= 11 is 3.47. The molecule has 5 nitrogen and oxygen atoms in total. The number of Topliss-reactive ketones (excluding diaryl/α,β-unsaturated/α-hetero) is 1. The lowest BCUT2D eigenvalue weighted by molar-refractivity contribution is -0.384. The van der Waals surface area contributed by atoms with Gasteiger partial charge in [0.25, 0.3) is 5.69 Å². The minimum Gasteiger partial charge on any atom is -0.358 e. The molecule has 3 aromatic carbocycles. The number of benzene rings is 3. The van der Waals surface area contributed by atoms with Crippen LogP contribution in [0.2, 0.25) is 0 Å². The Balaban J connectivity index is 1.63. The molecule has 2 aliphatic rings. The lowest BCUT2D eigenvalue weighted by atomic mass is 9.67. The second kappa shape index (κ2) is 9.36. The monoisotopic (exact) mass is 540 g/mol. The van der Waals surface area contributed by atoms with Crippen molar-refractivity contribution in [3.63, 3.8) is 0 Å². The molecule has 0 saturated heterocycles. The van der Waals surface area contributed by atoms with Crippen molar-refractivity contribution in [1.29, 1.82) is 0 Å². The van der Waals surface area contributed by atoms with Gasteiger partial charge in [0.1, 0.15) is 0 Å². The first kappa shape index (κ1) is 23.9. The number of halogens is 1. The SMILES string of the molecule is CC1(C)CC2=C(C(=O)/C1=C\c1ccc(Br)cc1)C(c1ccc([N+](=O)[O-])cc1)C=C(c1ccccc1)N2. The third kappa shape index (κ3) is 4.56. The predicted octanol–water partition coefficient (Wildman–Crippen LogP) is 7.42. The Kier molecular flexibility index (Phi) is 6.22. The smallest absolute Gasteiger partial charge is 0.269 e. The van der Waals surface area contributed by atoms with Crippen LogP contribution >= 0.6 is 15.9 Å². The van der Waals surface area contributed by atoms with Gasteiger partial charge in [-0.05, 0) is 52.8 Å². The number of nitro benzene ring substituents is 1. The van der Waals surface area contributed by atoms with Crippen molar-refractivity contribution in [2.75, 3.05) is 0 Å². The van der Waals surface area contributed by atoms with E-state index in [4.69, 9.17) is 0 Å². The van der Waals surface area contributed by atoms with E-state index < -0.39 is 4.92 Å². The minimum absolute atomic E-state index is 0.00313. The number of carbonyl (C=O) groups excluding carboxylic acids is 1. The Labute approximate surface area is 218 Å². The molecule has 1 aliphatic carbocycles. The van der Waals surface area contributed by atoms with Crippen LogP contribution in [0.1, 0.15) is 42.9 Å². The summed E-state index contributed by atoms with van der Waals surface area (Å²) in [6.45, 7) is 4.20. The van der Waals surface area contributed by atoms with Crippen molar-refractivity contribution in [3.05, 3.63) is 133 Å². The molecular weight excluding hydrogens is 516 g/mol. The molecule has 180 valence electrons. The maximum atomic E-state index is 14.1. The Bertz CT molecular complexity index is 1430. The van der Waals surface area contributed by atoms with E-state index in [9.17, 15) is 14.9 Å². The number of dihydropyridines is 1. The van der Waals surface area contributed by atoms with Crippen LogP contribution in [0.3, 0.4) is 0 Å². The number of nitrogens with zero attached hydrogens (tertiary/aromatic N) is 1. The van der Waals surface area contributed by atoms with Gasteiger partial charge in [0.15, 0.2) is 5.78 Å². The zero-order valence-corrected chi connectivity index (χ0v) is 21.6. The fraction of sp³-hybridized carbons (Fsp3) is 0.167. The number of carbonyl (C=O) groups is 1. The highest BCUT2D eigenvalue weighted by Crippen LogP contribution is 2.48. The number of non-ortho nitro benzene ring substituents is 1. The van der Waals surface area contributed by atoms with Gasteiger partial charge in [-0.2, -0.15) is 0 Å². The highest BCUT2D eigenvalue weighted by Gasteiger charge is 2.42. The number of nitro groups is 1. The number of nitrogens with one attached hydrogen (secondary N) is 1. The maximum Gasteiger partial charge on any atom is 0.269 e. The fourth-order valence-electron chi connectivity index (χ4n) is 4.96. The molecule has 1 heterocycles. The van der Waals surface area contributed by atoms with Gasteiger partial charge in [-0.25, -0.2) is 0 Å². The second-order valence-electron chi connectivity index (χ2n) is 9.79. The maximum absolute atomic E-state index is 14.1. The Hall–Kier alpha value is -3.77. The van der Waals surface area contributed by atoms with Crippen LogP contribution in [0.15, 0.2) is 106 Å². The lowest BCUT2D eigenvalue weighted by Gasteiger charge is -2.40. The molecule has 0 fully saturated rings. The normalized spacial score (nSPS) is 20.0. The van der Waals surface area contributed by atoms with Crippen LogP contribution in [0.4, 0.5) is 5.69 Å². The van der Waals surface area contributed by atoms with Gasteiger partial charge >= 0.3 is 0 Å². The quantitative estimate of drug-likeness (QED) is 0.212. The molecule has 6 heteroatoms. The van der Waals surface area contributed by atoms with E-state index >= 15 is 0 Å². The zero-order chi connectivity index (χ0) is 25.4. The van der Waals surface area contributed by atoms with Crippen LogP contribution in [0.25, 0.3) is 11.8 Å². The molecule has 3 aromatic rings. The van der Waals surface area contributed by atoms with Crippen molar-refractivity contribution in [3.8, 4) is 0 Å². The van der Waals surface area contributed by atoms with Gasteiger partial charge in [0, 0.05) is 45.1 Å². The van der Waals surface area contributed by atoms with Crippen LogP contribution in [0, 0.1) is 15.5 Å². The molecule has 1 unspecified atom stereocenters. The molecule has 0 spiro atoms. The summed E-state index contributed by atoms with van der Waals surface area (Å²) in [5.41, 5.74) is 5.78. The van der Waals surface area contributed by atoms with E-state index in [1.165, 1.54) is 12.1 Å². The Morgan fingerprint density at radius 1 is 1.00 bits per heavy atom. The van der Waals surface area contributed by atoms with Crippen LogP contribution in [-0.4, -0.2) is 10.7 Å². The molecular formula is C30H25BrN2O3. The standard InChI is InChI=1S/C30H25BrN2O3/c1-30(2)18-27-28(29(34)25(30)16-19-8-12-22(31)13-9-19)24(20-10-14-23(15-11-20)33(35)36)17-26(32-27)21-6-4-3-5-7-21/h3-17,24,32H,18H2,1-2H3/b25-16+. The van der Waals surface area contributed by atoms with Crippen molar-refractivity contribution >= 4 is 39.2 Å². The van der Waals surface area contributed by atoms with Crippen LogP contribution in [0.5, 0.6) is 0 Å². The average molecular weight is 541 g/mol. The first-order chi connectivity index (χ1) is 17.2. The van der Waals surface area contributed by atoms with E-state index in [2.05, 4.69) is 41.2 Å². The first-order valence-electron chi connectivity index (χ1n) is 11.8. The van der Waals surface area contributed by atoms with E-state index in [0.29, 0.717) is 12.0 Å². The molecule has 0 saturated carbocycles. The van der Waals surface area contributed by atoms with Gasteiger partial charge in [-0.1, -0.05) is 84.4 Å². The summed E-state index contributed by atoms with van der Waals surface area (Å²) in [6.07, 6.45) is 4.72. The molecule has 5 rings (SSSR count). The van der Waals surface area contributed by atoms with Crippen LogP contribution < -0.4 is 5.32 Å². The van der Waals surface area contributed by atoms with E-state index in [-0.39, 0.29) is 22.8 Å². The summed E-state index contributed by atoms with van der Waals surface area (Å²) in [7, 11) is 0. The predicted molar refractivity (Wildman–Crippen MR) is 146 cm³/mol. The largest absolute Gasteiger partial charge is 0.358 e. The Morgan fingerprint density at radius 3 is 2.31 bits per heavy atom. The average Bonchev–Trinajstić information content (AvgIpc) is 2.87. The summed E-state index contributed by atoms with van der Waals surface area (Å²) in [6, 6.07) is 24.4. The van der Waals surface area contributed by atoms with Gasteiger partial charge in [-0.15, -0.1) is 0 Å². The molecule has 1 N–H and O–H groups in total. The van der Waals surface area contributed by atoms with Gasteiger partial charge in [0.2, 0.25) is 0 Å². The highest BCUT2D eigenvalue weighted by molar-refractivity contribution is 9.10. The van der Waals surface area contributed by atoms with Crippen molar-refractivity contribution in [2.45, 2.75) is 26.2 Å². The molecule has 0 aromatic heterocycles.